The van der Waals surface area contributed by atoms with Crippen molar-refractivity contribution in [3.8, 4) is 0 Å². The van der Waals surface area contributed by atoms with Crippen molar-refractivity contribution in [3.05, 3.63) is 109 Å². The van der Waals surface area contributed by atoms with Crippen LogP contribution in [0.25, 0.3) is 10.9 Å². The monoisotopic (exact) mass is 479 g/mol. The van der Waals surface area contributed by atoms with Crippen molar-refractivity contribution in [1.29, 1.82) is 0 Å². The number of benzene rings is 3. The fourth-order valence-corrected chi connectivity index (χ4v) is 3.94. The molecule has 5 N–H and O–H groups in total. The Morgan fingerprint density at radius 2 is 1.42 bits per heavy atom. The Hall–Kier alpha value is -4.82. The highest BCUT2D eigenvalue weighted by Crippen LogP contribution is 2.22. The van der Waals surface area contributed by atoms with Crippen LogP contribution in [-0.2, 0) is 6.54 Å². The number of nitrogens with zero attached hydrogens (tertiary/aromatic N) is 1. The highest BCUT2D eigenvalue weighted by atomic mass is 16.3. The van der Waals surface area contributed by atoms with E-state index in [0.717, 1.165) is 22.3 Å². The van der Waals surface area contributed by atoms with Gasteiger partial charge in [0.25, 0.3) is 11.8 Å². The lowest BCUT2D eigenvalue weighted by Crippen LogP contribution is -2.12. The summed E-state index contributed by atoms with van der Waals surface area (Å²) in [5.41, 5.74) is 5.06. The summed E-state index contributed by atoms with van der Waals surface area (Å²) in [6.07, 6.45) is 3.61. The molecule has 180 valence electrons. The van der Waals surface area contributed by atoms with E-state index in [1.807, 2.05) is 77.5 Å². The first kappa shape index (κ1) is 22.9. The number of carbonyl (C=O) groups excluding carboxylic acids is 2. The molecule has 5 aromatic rings. The molecule has 0 fully saturated rings. The largest absolute Gasteiger partial charge is 0.395 e. The second-order valence-electron chi connectivity index (χ2n) is 8.28. The zero-order valence-corrected chi connectivity index (χ0v) is 19.4. The lowest BCUT2D eigenvalue weighted by molar-refractivity contribution is 0.101. The number of anilines is 4. The maximum absolute atomic E-state index is 12.8. The number of aliphatic hydroxyl groups is 1. The maximum atomic E-state index is 12.8. The third-order valence-corrected chi connectivity index (χ3v) is 5.79. The number of hydrogen-bond donors (Lipinski definition) is 5. The minimum atomic E-state index is -0.202. The van der Waals surface area contributed by atoms with Gasteiger partial charge in [-0.05, 0) is 84.2 Å². The van der Waals surface area contributed by atoms with Gasteiger partial charge in [0.05, 0.1) is 6.61 Å². The quantitative estimate of drug-likeness (QED) is 0.210. The summed E-state index contributed by atoms with van der Waals surface area (Å²) < 4.78 is 1.93. The van der Waals surface area contributed by atoms with Crippen LogP contribution in [0.1, 0.15) is 20.8 Å². The summed E-state index contributed by atoms with van der Waals surface area (Å²) in [6.45, 7) is 0.517. The number of nitrogens with one attached hydrogen (secondary N) is 4. The van der Waals surface area contributed by atoms with Gasteiger partial charge in [-0.2, -0.15) is 0 Å². The lowest BCUT2D eigenvalue weighted by atomic mass is 10.1. The topological polar surface area (TPSA) is 111 Å². The van der Waals surface area contributed by atoms with Crippen LogP contribution in [0.2, 0.25) is 0 Å². The molecule has 8 nitrogen and oxygen atoms in total. The number of hydrogen-bond acceptors (Lipinski definition) is 4. The SMILES string of the molecule is O=C(Nc1ccc(Nc2ccc(NC(=O)c3ccc[nH]3)cc2)cc1)c1ccc2ccn(CCO)c2c1. The summed E-state index contributed by atoms with van der Waals surface area (Å²) in [7, 11) is 0. The van der Waals surface area contributed by atoms with E-state index < -0.39 is 0 Å². The number of aromatic amines is 1. The van der Waals surface area contributed by atoms with Crippen molar-refractivity contribution in [1.82, 2.24) is 9.55 Å². The molecule has 36 heavy (non-hydrogen) atoms. The van der Waals surface area contributed by atoms with Gasteiger partial charge < -0.3 is 30.6 Å². The van der Waals surface area contributed by atoms with Gasteiger partial charge in [0.1, 0.15) is 5.69 Å². The zero-order valence-electron chi connectivity index (χ0n) is 19.4. The van der Waals surface area contributed by atoms with Gasteiger partial charge in [-0.25, -0.2) is 0 Å². The molecule has 0 radical (unpaired) electrons. The fraction of sp³-hybridized carbons (Fsp3) is 0.0714. The van der Waals surface area contributed by atoms with E-state index >= 15 is 0 Å². The minimum Gasteiger partial charge on any atom is -0.395 e. The summed E-state index contributed by atoms with van der Waals surface area (Å²) >= 11 is 0. The second-order valence-corrected chi connectivity index (χ2v) is 8.28. The van der Waals surface area contributed by atoms with Gasteiger partial charge in [0, 0.05) is 52.8 Å². The van der Waals surface area contributed by atoms with Crippen molar-refractivity contribution in [2.75, 3.05) is 22.6 Å². The van der Waals surface area contributed by atoms with Gasteiger partial charge in [0.15, 0.2) is 0 Å². The molecule has 0 aliphatic carbocycles. The predicted molar refractivity (Wildman–Crippen MR) is 142 cm³/mol. The molecule has 2 aromatic heterocycles. The molecule has 0 saturated heterocycles. The smallest absolute Gasteiger partial charge is 0.272 e. The first-order valence-corrected chi connectivity index (χ1v) is 11.5. The molecule has 0 unspecified atom stereocenters. The van der Waals surface area contributed by atoms with E-state index in [0.29, 0.717) is 29.2 Å². The van der Waals surface area contributed by atoms with Crippen molar-refractivity contribution in [2.45, 2.75) is 6.54 Å². The van der Waals surface area contributed by atoms with Gasteiger partial charge in [-0.3, -0.25) is 9.59 Å². The molecule has 0 saturated carbocycles. The third-order valence-electron chi connectivity index (χ3n) is 5.79. The highest BCUT2D eigenvalue weighted by Gasteiger charge is 2.10. The van der Waals surface area contributed by atoms with Crippen molar-refractivity contribution in [2.24, 2.45) is 0 Å². The zero-order chi connectivity index (χ0) is 24.9. The molecule has 2 heterocycles. The van der Waals surface area contributed by atoms with E-state index in [2.05, 4.69) is 20.9 Å². The van der Waals surface area contributed by atoms with Crippen molar-refractivity contribution in [3.63, 3.8) is 0 Å². The average Bonchev–Trinajstić information content (AvgIpc) is 3.57. The number of H-pyrrole nitrogens is 1. The Labute approximate surface area is 207 Å². The van der Waals surface area contributed by atoms with Crippen LogP contribution in [0.5, 0.6) is 0 Å². The molecule has 0 spiro atoms. The number of aromatic nitrogens is 2. The summed E-state index contributed by atoms with van der Waals surface area (Å²) in [4.78, 5) is 27.8. The van der Waals surface area contributed by atoms with E-state index in [-0.39, 0.29) is 18.4 Å². The lowest BCUT2D eigenvalue weighted by Gasteiger charge is -2.10. The van der Waals surface area contributed by atoms with Crippen LogP contribution < -0.4 is 16.0 Å². The normalized spacial score (nSPS) is 10.8. The molecule has 0 atom stereocenters. The van der Waals surface area contributed by atoms with Gasteiger partial charge in [-0.15, -0.1) is 0 Å². The Bertz CT molecular complexity index is 1490. The van der Waals surface area contributed by atoms with Crippen molar-refractivity contribution < 1.29 is 14.7 Å². The molecule has 3 aromatic carbocycles. The van der Waals surface area contributed by atoms with E-state index in [4.69, 9.17) is 0 Å². The number of carbonyl (C=O) groups is 2. The second kappa shape index (κ2) is 10.2. The molecule has 8 heteroatoms. The summed E-state index contributed by atoms with van der Waals surface area (Å²) in [5.74, 6) is -0.399. The van der Waals surface area contributed by atoms with Gasteiger partial charge >= 0.3 is 0 Å². The van der Waals surface area contributed by atoms with Crippen LogP contribution in [0, 0.1) is 0 Å². The van der Waals surface area contributed by atoms with Crippen LogP contribution in [0.4, 0.5) is 22.7 Å². The molecule has 0 aliphatic rings. The van der Waals surface area contributed by atoms with Crippen LogP contribution in [-0.4, -0.2) is 33.1 Å². The Morgan fingerprint density at radius 3 is 2.03 bits per heavy atom. The molecule has 2 amide bonds. The Kier molecular flexibility index (Phi) is 6.51. The van der Waals surface area contributed by atoms with Crippen LogP contribution in [0.15, 0.2) is 97.3 Å². The minimum absolute atomic E-state index is 0.0371. The standard InChI is InChI=1S/C28H25N5O3/c34-17-16-33-15-13-19-3-4-20(18-26(19)33)27(35)31-23-9-5-21(6-10-23)30-22-7-11-24(12-8-22)32-28(36)25-2-1-14-29-25/h1-15,18,29-30,34H,16-17H2,(H,31,35)(H,32,36). The first-order chi connectivity index (χ1) is 17.6. The predicted octanol–water partition coefficient (Wildman–Crippen LogP) is 5.21. The van der Waals surface area contributed by atoms with E-state index in [1.165, 1.54) is 0 Å². The van der Waals surface area contributed by atoms with Gasteiger partial charge in [-0.1, -0.05) is 6.07 Å². The maximum Gasteiger partial charge on any atom is 0.272 e. The fourth-order valence-electron chi connectivity index (χ4n) is 3.94. The molecular weight excluding hydrogens is 454 g/mol. The average molecular weight is 480 g/mol. The number of fused-ring (bicyclic) bond motifs is 1. The highest BCUT2D eigenvalue weighted by molar-refractivity contribution is 6.06. The Morgan fingerprint density at radius 1 is 0.778 bits per heavy atom. The molecule has 5 rings (SSSR count). The third kappa shape index (κ3) is 5.13. The number of rotatable bonds is 8. The summed E-state index contributed by atoms with van der Waals surface area (Å²) in [6, 6.07) is 25.8. The van der Waals surface area contributed by atoms with Gasteiger partial charge in [0.2, 0.25) is 0 Å². The van der Waals surface area contributed by atoms with Crippen LogP contribution in [0.3, 0.4) is 0 Å². The summed E-state index contributed by atoms with van der Waals surface area (Å²) in [5, 5.41) is 19.3. The number of amides is 2. The van der Waals surface area contributed by atoms with Crippen molar-refractivity contribution >= 4 is 45.5 Å². The molecule has 0 bridgehead atoms. The number of aliphatic hydroxyl groups excluding tert-OH is 1. The van der Waals surface area contributed by atoms with E-state index in [9.17, 15) is 14.7 Å². The Balaban J connectivity index is 1.19. The molecular formula is C28H25N5O3. The molecule has 0 aliphatic heterocycles. The van der Waals surface area contributed by atoms with E-state index in [1.54, 1.807) is 24.4 Å². The van der Waals surface area contributed by atoms with Crippen LogP contribution >= 0.6 is 0 Å². The first-order valence-electron chi connectivity index (χ1n) is 11.5.